The number of carbonyl (C=O) groups excluding carboxylic acids is 2. The largest absolute Gasteiger partial charge is 0.380 e. The topological polar surface area (TPSA) is 89.9 Å². The zero-order valence-corrected chi connectivity index (χ0v) is 16.2. The summed E-state index contributed by atoms with van der Waals surface area (Å²) in [4.78, 5) is 25.8. The molecule has 0 radical (unpaired) electrons. The van der Waals surface area contributed by atoms with Crippen molar-refractivity contribution < 1.29 is 28.6 Å². The van der Waals surface area contributed by atoms with Crippen LogP contribution in [0.25, 0.3) is 0 Å². The molecule has 3 N–H and O–H groups in total. The molecule has 1 fully saturated rings. The molecule has 0 heterocycles. The highest BCUT2D eigenvalue weighted by Crippen LogP contribution is 2.26. The second-order valence-electron chi connectivity index (χ2n) is 7.43. The van der Waals surface area contributed by atoms with E-state index in [4.69, 9.17) is 0 Å². The number of benzene rings is 1. The molecule has 28 heavy (non-hydrogen) atoms. The molecule has 0 unspecified atom stereocenters. The lowest BCUT2D eigenvalue weighted by atomic mass is 9.94. The first-order chi connectivity index (χ1) is 13.1. The summed E-state index contributed by atoms with van der Waals surface area (Å²) >= 11 is 0. The maximum absolute atomic E-state index is 13.2. The summed E-state index contributed by atoms with van der Waals surface area (Å²) < 4.78 is 26.4. The summed E-state index contributed by atoms with van der Waals surface area (Å²) in [6, 6.07) is 5.40. The SMILES string of the molecule is CN(C(=O)[C@H](O)[C@@H](O)C(=O)NCc1ccc(C(C)(F)F)cc1)C1CCCCC1. The van der Waals surface area contributed by atoms with Gasteiger partial charge in [-0.05, 0) is 18.4 Å². The Balaban J connectivity index is 1.87. The van der Waals surface area contributed by atoms with E-state index in [0.717, 1.165) is 39.0 Å². The van der Waals surface area contributed by atoms with Gasteiger partial charge in [0.25, 0.3) is 17.7 Å². The van der Waals surface area contributed by atoms with Gasteiger partial charge < -0.3 is 20.4 Å². The van der Waals surface area contributed by atoms with Crippen LogP contribution in [0.5, 0.6) is 0 Å². The van der Waals surface area contributed by atoms with Crippen LogP contribution in [0, 0.1) is 0 Å². The summed E-state index contributed by atoms with van der Waals surface area (Å²) in [5.74, 6) is -4.54. The van der Waals surface area contributed by atoms with Crippen molar-refractivity contribution in [3.63, 3.8) is 0 Å². The van der Waals surface area contributed by atoms with Gasteiger partial charge in [-0.3, -0.25) is 9.59 Å². The van der Waals surface area contributed by atoms with Crippen LogP contribution < -0.4 is 5.32 Å². The third-order valence-corrected chi connectivity index (χ3v) is 5.22. The number of amides is 2. The molecule has 8 heteroatoms. The van der Waals surface area contributed by atoms with Gasteiger partial charge in [-0.25, -0.2) is 8.78 Å². The van der Waals surface area contributed by atoms with Crippen molar-refractivity contribution in [1.29, 1.82) is 0 Å². The van der Waals surface area contributed by atoms with Gasteiger partial charge in [0.2, 0.25) is 0 Å². The number of nitrogens with one attached hydrogen (secondary N) is 1. The fourth-order valence-electron chi connectivity index (χ4n) is 3.34. The quantitative estimate of drug-likeness (QED) is 0.655. The first-order valence-corrected chi connectivity index (χ1v) is 9.49. The Bertz CT molecular complexity index is 670. The number of nitrogens with zero attached hydrogens (tertiary/aromatic N) is 1. The molecule has 0 bridgehead atoms. The highest BCUT2D eigenvalue weighted by molar-refractivity contribution is 5.90. The lowest BCUT2D eigenvalue weighted by Crippen LogP contribution is -2.52. The van der Waals surface area contributed by atoms with Crippen molar-refractivity contribution in [1.82, 2.24) is 10.2 Å². The molecule has 1 aromatic rings. The van der Waals surface area contributed by atoms with Gasteiger partial charge >= 0.3 is 0 Å². The summed E-state index contributed by atoms with van der Waals surface area (Å²) in [7, 11) is 1.57. The molecular weight excluding hydrogens is 370 g/mol. The van der Waals surface area contributed by atoms with Gasteiger partial charge in [-0.15, -0.1) is 0 Å². The maximum atomic E-state index is 13.2. The monoisotopic (exact) mass is 398 g/mol. The van der Waals surface area contributed by atoms with Crippen LogP contribution in [-0.4, -0.2) is 52.2 Å². The van der Waals surface area contributed by atoms with Gasteiger partial charge in [0.1, 0.15) is 0 Å². The van der Waals surface area contributed by atoms with E-state index in [1.54, 1.807) is 7.05 Å². The Morgan fingerprint density at radius 1 is 1.14 bits per heavy atom. The second kappa shape index (κ2) is 9.43. The molecule has 1 aliphatic rings. The number of carbonyl (C=O) groups is 2. The molecule has 2 atom stereocenters. The van der Waals surface area contributed by atoms with Crippen LogP contribution in [-0.2, 0) is 22.1 Å². The molecule has 0 aromatic heterocycles. The predicted octanol–water partition coefficient (Wildman–Crippen LogP) is 1.93. The molecule has 0 spiro atoms. The van der Waals surface area contributed by atoms with E-state index < -0.39 is 29.9 Å². The number of alkyl halides is 2. The summed E-state index contributed by atoms with van der Waals surface area (Å²) in [5, 5.41) is 22.5. The van der Waals surface area contributed by atoms with E-state index in [9.17, 15) is 28.6 Å². The molecule has 1 saturated carbocycles. The molecule has 0 aliphatic heterocycles. The number of rotatable bonds is 7. The normalized spacial score (nSPS) is 17.6. The first-order valence-electron chi connectivity index (χ1n) is 9.49. The molecule has 6 nitrogen and oxygen atoms in total. The van der Waals surface area contributed by atoms with Crippen molar-refractivity contribution in [2.45, 2.75) is 69.7 Å². The predicted molar refractivity (Wildman–Crippen MR) is 99.5 cm³/mol. The van der Waals surface area contributed by atoms with E-state index >= 15 is 0 Å². The van der Waals surface area contributed by atoms with Crippen molar-refractivity contribution in [2.75, 3.05) is 7.05 Å². The van der Waals surface area contributed by atoms with E-state index in [-0.39, 0.29) is 18.2 Å². The molecule has 2 rings (SSSR count). The number of aliphatic hydroxyl groups excluding tert-OH is 2. The van der Waals surface area contributed by atoms with Crippen LogP contribution in [0.2, 0.25) is 0 Å². The smallest absolute Gasteiger partial charge is 0.270 e. The van der Waals surface area contributed by atoms with Crippen LogP contribution in [0.4, 0.5) is 8.78 Å². The highest BCUT2D eigenvalue weighted by Gasteiger charge is 2.34. The van der Waals surface area contributed by atoms with Gasteiger partial charge in [-0.2, -0.15) is 0 Å². The third-order valence-electron chi connectivity index (χ3n) is 5.22. The fraction of sp³-hybridized carbons (Fsp3) is 0.600. The molecule has 1 aromatic carbocycles. The molecule has 156 valence electrons. The van der Waals surface area contributed by atoms with Crippen molar-refractivity contribution in [3.8, 4) is 0 Å². The standard InChI is InChI=1S/C20H28F2N2O4/c1-20(21,22)14-10-8-13(9-11-14)12-23-18(27)16(25)17(26)19(28)24(2)15-6-4-3-5-7-15/h8-11,15-17,25-26H,3-7,12H2,1-2H3,(H,23,27)/t16-,17-/m1/s1. The van der Waals surface area contributed by atoms with Crippen LogP contribution in [0.3, 0.4) is 0 Å². The second-order valence-corrected chi connectivity index (χ2v) is 7.43. The average Bonchev–Trinajstić information content (AvgIpc) is 2.70. The van der Waals surface area contributed by atoms with Crippen molar-refractivity contribution >= 4 is 11.8 Å². The molecular formula is C20H28F2N2O4. The Hall–Kier alpha value is -2.06. The van der Waals surface area contributed by atoms with E-state index in [0.29, 0.717) is 5.56 Å². The summed E-state index contributed by atoms with van der Waals surface area (Å²) in [6.07, 6.45) is 1.04. The first kappa shape index (κ1) is 22.2. The molecule has 2 amide bonds. The fourth-order valence-corrected chi connectivity index (χ4v) is 3.34. The summed E-state index contributed by atoms with van der Waals surface area (Å²) in [6.45, 7) is 0.772. The number of hydrogen-bond acceptors (Lipinski definition) is 4. The van der Waals surface area contributed by atoms with Crippen LogP contribution in [0.1, 0.15) is 50.2 Å². The van der Waals surface area contributed by atoms with E-state index in [1.165, 1.54) is 29.2 Å². The molecule has 0 saturated heterocycles. The van der Waals surface area contributed by atoms with E-state index in [2.05, 4.69) is 5.32 Å². The summed E-state index contributed by atoms with van der Waals surface area (Å²) in [5.41, 5.74) is 0.406. The van der Waals surface area contributed by atoms with Crippen LogP contribution >= 0.6 is 0 Å². The minimum atomic E-state index is -2.95. The van der Waals surface area contributed by atoms with Gasteiger partial charge in [0.15, 0.2) is 12.2 Å². The zero-order chi connectivity index (χ0) is 20.9. The van der Waals surface area contributed by atoms with Crippen molar-refractivity contribution in [2.24, 2.45) is 0 Å². The number of aliphatic hydroxyl groups is 2. The zero-order valence-electron chi connectivity index (χ0n) is 16.2. The Labute approximate surface area is 163 Å². The third kappa shape index (κ3) is 5.72. The molecule has 1 aliphatic carbocycles. The Kier molecular flexibility index (Phi) is 7.48. The number of halogens is 2. The average molecular weight is 398 g/mol. The van der Waals surface area contributed by atoms with Gasteiger partial charge in [0.05, 0.1) is 0 Å². The van der Waals surface area contributed by atoms with Gasteiger partial charge in [-0.1, -0.05) is 43.5 Å². The Morgan fingerprint density at radius 2 is 1.71 bits per heavy atom. The lowest BCUT2D eigenvalue weighted by Gasteiger charge is -2.33. The number of hydrogen-bond donors (Lipinski definition) is 3. The lowest BCUT2D eigenvalue weighted by molar-refractivity contribution is -0.154. The maximum Gasteiger partial charge on any atom is 0.270 e. The van der Waals surface area contributed by atoms with Gasteiger partial charge in [0, 0.05) is 32.1 Å². The highest BCUT2D eigenvalue weighted by atomic mass is 19.3. The minimum absolute atomic E-state index is 0.00127. The van der Waals surface area contributed by atoms with Crippen LogP contribution in [0.15, 0.2) is 24.3 Å². The van der Waals surface area contributed by atoms with Crippen molar-refractivity contribution in [3.05, 3.63) is 35.4 Å². The Morgan fingerprint density at radius 3 is 2.25 bits per heavy atom. The minimum Gasteiger partial charge on any atom is -0.380 e. The van der Waals surface area contributed by atoms with E-state index in [1.807, 2.05) is 0 Å². The number of likely N-dealkylation sites (N-methyl/N-ethyl adjacent to an activating group) is 1.